The van der Waals surface area contributed by atoms with E-state index in [1.165, 1.54) is 12.8 Å². The lowest BCUT2D eigenvalue weighted by atomic mass is 9.93. The Bertz CT molecular complexity index is 342. The second-order valence-corrected chi connectivity index (χ2v) is 4.62. The molecule has 15 heavy (non-hydrogen) atoms. The molecule has 2 rings (SSSR count). The molecule has 1 aromatic rings. The molecule has 1 aliphatic carbocycles. The molecule has 2 heteroatoms. The summed E-state index contributed by atoms with van der Waals surface area (Å²) in [6, 6.07) is 4.02. The fraction of sp³-hybridized carbons (Fsp3) is 0.615. The lowest BCUT2D eigenvalue weighted by Gasteiger charge is -2.19. The van der Waals surface area contributed by atoms with Gasteiger partial charge in [0, 0.05) is 17.0 Å². The number of rotatable bonds is 2. The molecule has 1 atom stereocenters. The number of aliphatic hydroxyl groups is 1. The molecule has 0 amide bonds. The summed E-state index contributed by atoms with van der Waals surface area (Å²) < 4.78 is 0. The van der Waals surface area contributed by atoms with Crippen molar-refractivity contribution in [3.05, 3.63) is 29.1 Å². The molecule has 1 aromatic heterocycles. The van der Waals surface area contributed by atoms with Crippen LogP contribution in [-0.2, 0) is 0 Å². The Labute approximate surface area is 91.4 Å². The first-order chi connectivity index (χ1) is 7.18. The lowest BCUT2D eigenvalue weighted by Crippen LogP contribution is -2.11. The summed E-state index contributed by atoms with van der Waals surface area (Å²) in [6.45, 7) is 3.97. The van der Waals surface area contributed by atoms with Gasteiger partial charge < -0.3 is 5.11 Å². The monoisotopic (exact) mass is 205 g/mol. The van der Waals surface area contributed by atoms with Crippen LogP contribution in [0.15, 0.2) is 12.1 Å². The minimum Gasteiger partial charge on any atom is -0.388 e. The standard InChI is InChI=1S/C13H19NO/c1-9-7-8-12(10(2)14-9)13(15)11-5-3-4-6-11/h7-8,11,13,15H,3-6H2,1-2H3. The van der Waals surface area contributed by atoms with E-state index in [0.717, 1.165) is 29.8 Å². The maximum Gasteiger partial charge on any atom is 0.0835 e. The maximum atomic E-state index is 10.3. The van der Waals surface area contributed by atoms with Crippen molar-refractivity contribution < 1.29 is 5.11 Å². The molecular formula is C13H19NO. The molecule has 0 aromatic carbocycles. The van der Waals surface area contributed by atoms with Crippen molar-refractivity contribution in [2.75, 3.05) is 0 Å². The predicted molar refractivity (Wildman–Crippen MR) is 60.6 cm³/mol. The van der Waals surface area contributed by atoms with Gasteiger partial charge in [-0.05, 0) is 38.7 Å². The summed E-state index contributed by atoms with van der Waals surface area (Å²) in [7, 11) is 0. The average Bonchev–Trinajstić information content (AvgIpc) is 2.69. The summed E-state index contributed by atoms with van der Waals surface area (Å²) in [4.78, 5) is 4.41. The van der Waals surface area contributed by atoms with Crippen molar-refractivity contribution in [1.82, 2.24) is 4.98 Å². The van der Waals surface area contributed by atoms with Crippen LogP contribution in [0.2, 0.25) is 0 Å². The van der Waals surface area contributed by atoms with Crippen molar-refractivity contribution in [3.63, 3.8) is 0 Å². The predicted octanol–water partition coefficient (Wildman–Crippen LogP) is 2.92. The molecule has 1 aliphatic rings. The van der Waals surface area contributed by atoms with Gasteiger partial charge in [-0.2, -0.15) is 0 Å². The van der Waals surface area contributed by atoms with E-state index in [0.29, 0.717) is 5.92 Å². The van der Waals surface area contributed by atoms with Crippen molar-refractivity contribution in [2.45, 2.75) is 45.6 Å². The molecule has 0 bridgehead atoms. The fourth-order valence-electron chi connectivity index (χ4n) is 2.54. The summed E-state index contributed by atoms with van der Waals surface area (Å²) >= 11 is 0. The molecule has 0 aliphatic heterocycles. The molecule has 1 saturated carbocycles. The number of aryl methyl sites for hydroxylation is 2. The van der Waals surface area contributed by atoms with Gasteiger partial charge >= 0.3 is 0 Å². The number of nitrogens with zero attached hydrogens (tertiary/aromatic N) is 1. The quantitative estimate of drug-likeness (QED) is 0.805. The summed E-state index contributed by atoms with van der Waals surface area (Å²) in [5, 5.41) is 10.3. The van der Waals surface area contributed by atoms with Gasteiger partial charge in [-0.15, -0.1) is 0 Å². The van der Waals surface area contributed by atoms with E-state index in [1.807, 2.05) is 26.0 Å². The number of pyridine rings is 1. The zero-order chi connectivity index (χ0) is 10.8. The van der Waals surface area contributed by atoms with E-state index in [4.69, 9.17) is 0 Å². The Morgan fingerprint density at radius 1 is 1.27 bits per heavy atom. The average molecular weight is 205 g/mol. The highest BCUT2D eigenvalue weighted by Gasteiger charge is 2.25. The van der Waals surface area contributed by atoms with E-state index < -0.39 is 0 Å². The zero-order valence-corrected chi connectivity index (χ0v) is 9.53. The summed E-state index contributed by atoms with van der Waals surface area (Å²) in [5.41, 5.74) is 3.02. The SMILES string of the molecule is Cc1ccc(C(O)C2CCCC2)c(C)n1. The number of aromatic nitrogens is 1. The molecule has 82 valence electrons. The van der Waals surface area contributed by atoms with Crippen LogP contribution in [0.25, 0.3) is 0 Å². The van der Waals surface area contributed by atoms with Crippen LogP contribution in [0.3, 0.4) is 0 Å². The lowest BCUT2D eigenvalue weighted by molar-refractivity contribution is 0.110. The Kier molecular flexibility index (Phi) is 3.06. The van der Waals surface area contributed by atoms with Crippen LogP contribution in [0.1, 0.15) is 48.7 Å². The first kappa shape index (κ1) is 10.6. The Morgan fingerprint density at radius 3 is 2.53 bits per heavy atom. The largest absolute Gasteiger partial charge is 0.388 e. The Hall–Kier alpha value is -0.890. The van der Waals surface area contributed by atoms with Gasteiger partial charge in [-0.3, -0.25) is 4.98 Å². The molecule has 1 unspecified atom stereocenters. The van der Waals surface area contributed by atoms with Crippen LogP contribution in [0.5, 0.6) is 0 Å². The second kappa shape index (κ2) is 4.31. The van der Waals surface area contributed by atoms with Gasteiger partial charge in [0.15, 0.2) is 0 Å². The first-order valence-electron chi connectivity index (χ1n) is 5.80. The summed E-state index contributed by atoms with van der Waals surface area (Å²) in [5.74, 6) is 0.452. The topological polar surface area (TPSA) is 33.1 Å². The minimum absolute atomic E-state index is 0.305. The van der Waals surface area contributed by atoms with Crippen LogP contribution in [0.4, 0.5) is 0 Å². The van der Waals surface area contributed by atoms with Gasteiger partial charge in [-0.25, -0.2) is 0 Å². The van der Waals surface area contributed by atoms with Crippen molar-refractivity contribution in [1.29, 1.82) is 0 Å². The highest BCUT2D eigenvalue weighted by Crippen LogP contribution is 2.36. The van der Waals surface area contributed by atoms with Crippen molar-refractivity contribution in [3.8, 4) is 0 Å². The Morgan fingerprint density at radius 2 is 1.93 bits per heavy atom. The van der Waals surface area contributed by atoms with E-state index in [2.05, 4.69) is 4.98 Å². The molecule has 1 fully saturated rings. The normalized spacial score (nSPS) is 19.4. The fourth-order valence-corrected chi connectivity index (χ4v) is 2.54. The zero-order valence-electron chi connectivity index (χ0n) is 9.53. The van der Waals surface area contributed by atoms with E-state index in [-0.39, 0.29) is 6.10 Å². The molecular weight excluding hydrogens is 186 g/mol. The molecule has 2 nitrogen and oxygen atoms in total. The van der Waals surface area contributed by atoms with Crippen LogP contribution < -0.4 is 0 Å². The van der Waals surface area contributed by atoms with E-state index in [1.54, 1.807) is 0 Å². The van der Waals surface area contributed by atoms with Gasteiger partial charge in [0.05, 0.1) is 6.10 Å². The van der Waals surface area contributed by atoms with E-state index >= 15 is 0 Å². The highest BCUT2D eigenvalue weighted by molar-refractivity contribution is 5.24. The third-order valence-electron chi connectivity index (χ3n) is 3.43. The number of aliphatic hydroxyl groups excluding tert-OH is 1. The smallest absolute Gasteiger partial charge is 0.0835 e. The Balaban J connectivity index is 2.20. The molecule has 0 radical (unpaired) electrons. The van der Waals surface area contributed by atoms with Crippen LogP contribution in [-0.4, -0.2) is 10.1 Å². The summed E-state index contributed by atoms with van der Waals surface area (Å²) in [6.07, 6.45) is 4.55. The molecule has 0 spiro atoms. The number of hydrogen-bond acceptors (Lipinski definition) is 2. The van der Waals surface area contributed by atoms with E-state index in [9.17, 15) is 5.11 Å². The highest BCUT2D eigenvalue weighted by atomic mass is 16.3. The molecule has 1 heterocycles. The first-order valence-corrected chi connectivity index (χ1v) is 5.80. The maximum absolute atomic E-state index is 10.3. The van der Waals surface area contributed by atoms with Crippen molar-refractivity contribution in [2.24, 2.45) is 5.92 Å². The molecule has 1 N–H and O–H groups in total. The minimum atomic E-state index is -0.305. The molecule has 0 saturated heterocycles. The van der Waals surface area contributed by atoms with Gasteiger partial charge in [0.25, 0.3) is 0 Å². The van der Waals surface area contributed by atoms with Crippen LogP contribution >= 0.6 is 0 Å². The van der Waals surface area contributed by atoms with Gasteiger partial charge in [0.2, 0.25) is 0 Å². The third kappa shape index (κ3) is 2.20. The number of hydrogen-bond donors (Lipinski definition) is 1. The second-order valence-electron chi connectivity index (χ2n) is 4.62. The van der Waals surface area contributed by atoms with Crippen molar-refractivity contribution >= 4 is 0 Å². The van der Waals surface area contributed by atoms with Gasteiger partial charge in [0.1, 0.15) is 0 Å². The van der Waals surface area contributed by atoms with Crippen LogP contribution in [0, 0.1) is 19.8 Å². The van der Waals surface area contributed by atoms with Gasteiger partial charge in [-0.1, -0.05) is 18.9 Å². The third-order valence-corrected chi connectivity index (χ3v) is 3.43.